The maximum absolute atomic E-state index is 5.77. The molecule has 2 atom stereocenters. The van der Waals surface area contributed by atoms with Crippen LogP contribution < -0.4 is 0 Å². The van der Waals surface area contributed by atoms with E-state index in [1.165, 1.54) is 11.1 Å². The Bertz CT molecular complexity index is 357. The van der Waals surface area contributed by atoms with Crippen molar-refractivity contribution in [3.8, 4) is 0 Å². The van der Waals surface area contributed by atoms with Crippen LogP contribution in [0.25, 0.3) is 6.08 Å². The van der Waals surface area contributed by atoms with Gasteiger partial charge in [-0.2, -0.15) is 0 Å². The van der Waals surface area contributed by atoms with E-state index in [9.17, 15) is 0 Å². The van der Waals surface area contributed by atoms with Crippen molar-refractivity contribution >= 4 is 6.08 Å². The molecule has 2 heteroatoms. The summed E-state index contributed by atoms with van der Waals surface area (Å²) < 4.78 is 11.1. The largest absolute Gasteiger partial charge is 0.353 e. The Hall–Kier alpha value is -1.12. The number of rotatable bonds is 4. The summed E-state index contributed by atoms with van der Waals surface area (Å²) in [5, 5.41) is 0. The third-order valence-electron chi connectivity index (χ3n) is 2.49. The smallest absolute Gasteiger partial charge is 0.156 e. The normalized spacial score (nSPS) is 20.3. The number of hydrogen-bond acceptors (Lipinski definition) is 2. The minimum Gasteiger partial charge on any atom is -0.353 e. The van der Waals surface area contributed by atoms with Gasteiger partial charge in [-0.15, -0.1) is 0 Å². The van der Waals surface area contributed by atoms with Crippen LogP contribution in [-0.2, 0) is 9.47 Å². The molecule has 0 spiro atoms. The molecule has 2 unspecified atom stereocenters. The van der Waals surface area contributed by atoms with E-state index in [1.807, 2.05) is 26.0 Å². The van der Waals surface area contributed by atoms with Gasteiger partial charge in [-0.25, -0.2) is 0 Å². The van der Waals surface area contributed by atoms with Crippen LogP contribution in [0.2, 0.25) is 0 Å². The van der Waals surface area contributed by atoms with E-state index in [0.717, 1.165) is 0 Å². The molecule has 2 rings (SSSR count). The van der Waals surface area contributed by atoms with Crippen molar-refractivity contribution < 1.29 is 9.47 Å². The SMILES string of the molecule is CCOC(C)OC1C=Cc2ccccc21. The molecule has 1 aromatic rings. The molecule has 0 amide bonds. The van der Waals surface area contributed by atoms with E-state index in [0.29, 0.717) is 6.61 Å². The highest BCUT2D eigenvalue weighted by Crippen LogP contribution is 2.31. The van der Waals surface area contributed by atoms with Crippen molar-refractivity contribution in [1.82, 2.24) is 0 Å². The van der Waals surface area contributed by atoms with E-state index in [-0.39, 0.29) is 12.4 Å². The third-order valence-corrected chi connectivity index (χ3v) is 2.49. The summed E-state index contributed by atoms with van der Waals surface area (Å²) in [6.45, 7) is 4.58. The summed E-state index contributed by atoms with van der Waals surface area (Å²) in [4.78, 5) is 0. The van der Waals surface area contributed by atoms with Gasteiger partial charge >= 0.3 is 0 Å². The first-order valence-corrected chi connectivity index (χ1v) is 5.35. The fourth-order valence-corrected chi connectivity index (χ4v) is 1.82. The van der Waals surface area contributed by atoms with Crippen LogP contribution >= 0.6 is 0 Å². The van der Waals surface area contributed by atoms with E-state index >= 15 is 0 Å². The van der Waals surface area contributed by atoms with Gasteiger partial charge in [0.15, 0.2) is 6.29 Å². The number of fused-ring (bicyclic) bond motifs is 1. The van der Waals surface area contributed by atoms with Crippen molar-refractivity contribution in [2.45, 2.75) is 26.2 Å². The quantitative estimate of drug-likeness (QED) is 0.701. The van der Waals surface area contributed by atoms with Gasteiger partial charge < -0.3 is 9.47 Å². The van der Waals surface area contributed by atoms with Gasteiger partial charge in [0.1, 0.15) is 6.10 Å². The Morgan fingerprint density at radius 2 is 2.13 bits per heavy atom. The van der Waals surface area contributed by atoms with E-state index < -0.39 is 0 Å². The first-order valence-electron chi connectivity index (χ1n) is 5.35. The molecule has 2 nitrogen and oxygen atoms in total. The Kier molecular flexibility index (Phi) is 3.19. The van der Waals surface area contributed by atoms with Crippen LogP contribution in [0, 0.1) is 0 Å². The fourth-order valence-electron chi connectivity index (χ4n) is 1.82. The zero-order valence-electron chi connectivity index (χ0n) is 9.14. The second kappa shape index (κ2) is 4.60. The number of hydrogen-bond donors (Lipinski definition) is 0. The predicted molar refractivity (Wildman–Crippen MR) is 60.4 cm³/mol. The number of ether oxygens (including phenoxy) is 2. The molecule has 80 valence electrons. The van der Waals surface area contributed by atoms with Gasteiger partial charge in [-0.05, 0) is 25.0 Å². The standard InChI is InChI=1S/C13H16O2/c1-3-14-10(2)15-13-9-8-11-6-4-5-7-12(11)13/h4-10,13H,3H2,1-2H3. The van der Waals surface area contributed by atoms with Crippen LogP contribution in [0.3, 0.4) is 0 Å². The fraction of sp³-hybridized carbons (Fsp3) is 0.385. The van der Waals surface area contributed by atoms with Gasteiger partial charge in [-0.1, -0.05) is 36.4 Å². The zero-order chi connectivity index (χ0) is 10.7. The topological polar surface area (TPSA) is 18.5 Å². The van der Waals surface area contributed by atoms with Crippen molar-refractivity contribution in [3.63, 3.8) is 0 Å². The van der Waals surface area contributed by atoms with Gasteiger partial charge in [0, 0.05) is 6.61 Å². The van der Waals surface area contributed by atoms with Gasteiger partial charge in [0.05, 0.1) is 0 Å². The van der Waals surface area contributed by atoms with Crippen LogP contribution in [0.5, 0.6) is 0 Å². The monoisotopic (exact) mass is 204 g/mol. The van der Waals surface area contributed by atoms with E-state index in [1.54, 1.807) is 0 Å². The second-order valence-corrected chi connectivity index (χ2v) is 3.57. The van der Waals surface area contributed by atoms with Crippen LogP contribution in [0.1, 0.15) is 31.1 Å². The van der Waals surface area contributed by atoms with Crippen LogP contribution in [-0.4, -0.2) is 12.9 Å². The average Bonchev–Trinajstić information content (AvgIpc) is 2.62. The van der Waals surface area contributed by atoms with Crippen molar-refractivity contribution in [2.75, 3.05) is 6.61 Å². The Labute approximate surface area is 90.5 Å². The summed E-state index contributed by atoms with van der Waals surface area (Å²) in [6, 6.07) is 8.27. The Balaban J connectivity index is 2.05. The van der Waals surface area contributed by atoms with Crippen molar-refractivity contribution in [1.29, 1.82) is 0 Å². The zero-order valence-corrected chi connectivity index (χ0v) is 9.14. The molecule has 1 aromatic carbocycles. The highest BCUT2D eigenvalue weighted by molar-refractivity contribution is 5.61. The lowest BCUT2D eigenvalue weighted by molar-refractivity contribution is -0.146. The molecule has 1 aliphatic rings. The molecule has 0 N–H and O–H groups in total. The molecule has 0 bridgehead atoms. The van der Waals surface area contributed by atoms with E-state index in [2.05, 4.69) is 24.3 Å². The molecule has 0 saturated heterocycles. The summed E-state index contributed by atoms with van der Waals surface area (Å²) in [5.41, 5.74) is 2.47. The van der Waals surface area contributed by atoms with Gasteiger partial charge in [-0.3, -0.25) is 0 Å². The third kappa shape index (κ3) is 2.28. The summed E-state index contributed by atoms with van der Waals surface area (Å²) >= 11 is 0. The minimum atomic E-state index is -0.157. The molecule has 0 aliphatic heterocycles. The lowest BCUT2D eigenvalue weighted by atomic mass is 10.1. The van der Waals surface area contributed by atoms with Crippen molar-refractivity contribution in [2.24, 2.45) is 0 Å². The molecule has 0 saturated carbocycles. The highest BCUT2D eigenvalue weighted by Gasteiger charge is 2.19. The molecule has 0 heterocycles. The molecular formula is C13H16O2. The molecule has 0 radical (unpaired) electrons. The lowest BCUT2D eigenvalue weighted by Gasteiger charge is -2.18. The first kappa shape index (κ1) is 10.4. The van der Waals surface area contributed by atoms with Gasteiger partial charge in [0.25, 0.3) is 0 Å². The van der Waals surface area contributed by atoms with Crippen molar-refractivity contribution in [3.05, 3.63) is 41.5 Å². The molecule has 0 aromatic heterocycles. The maximum Gasteiger partial charge on any atom is 0.156 e. The average molecular weight is 204 g/mol. The molecular weight excluding hydrogens is 188 g/mol. The summed E-state index contributed by atoms with van der Waals surface area (Å²) in [7, 11) is 0. The summed E-state index contributed by atoms with van der Waals surface area (Å²) in [5.74, 6) is 0. The van der Waals surface area contributed by atoms with Crippen LogP contribution in [0.15, 0.2) is 30.3 Å². The maximum atomic E-state index is 5.77. The summed E-state index contributed by atoms with van der Waals surface area (Å²) in [6.07, 6.45) is 4.05. The van der Waals surface area contributed by atoms with Crippen LogP contribution in [0.4, 0.5) is 0 Å². The predicted octanol–water partition coefficient (Wildman–Crippen LogP) is 3.15. The molecule has 15 heavy (non-hydrogen) atoms. The Morgan fingerprint density at radius 1 is 1.33 bits per heavy atom. The molecule has 0 fully saturated rings. The lowest BCUT2D eigenvalue weighted by Crippen LogP contribution is -2.15. The first-order chi connectivity index (χ1) is 7.31. The van der Waals surface area contributed by atoms with E-state index in [4.69, 9.17) is 9.47 Å². The molecule has 1 aliphatic carbocycles. The second-order valence-electron chi connectivity index (χ2n) is 3.57. The Morgan fingerprint density at radius 3 is 2.93 bits per heavy atom. The minimum absolute atomic E-state index is 0.0442. The highest BCUT2D eigenvalue weighted by atomic mass is 16.7. The van der Waals surface area contributed by atoms with Gasteiger partial charge in [0.2, 0.25) is 0 Å². The number of benzene rings is 1.